The van der Waals surface area contributed by atoms with E-state index in [-0.39, 0.29) is 5.78 Å². The molecule has 0 aromatic heterocycles. The Morgan fingerprint density at radius 3 is 2.27 bits per heavy atom. The molecule has 33 heavy (non-hydrogen) atoms. The van der Waals surface area contributed by atoms with Crippen LogP contribution in [0, 0.1) is 28.1 Å². The lowest BCUT2D eigenvalue weighted by molar-refractivity contribution is 0.0874. The number of hydrogen-bond donors (Lipinski definition) is 0. The van der Waals surface area contributed by atoms with Crippen molar-refractivity contribution in [2.45, 2.75) is 31.3 Å². The summed E-state index contributed by atoms with van der Waals surface area (Å²) in [5.74, 6) is -0.680. The lowest BCUT2D eigenvalue weighted by Gasteiger charge is -2.34. The van der Waals surface area contributed by atoms with Crippen LogP contribution in [0.15, 0.2) is 85.1 Å². The number of carbonyl (C=O) groups is 1. The van der Waals surface area contributed by atoms with Gasteiger partial charge in [-0.15, -0.1) is 0 Å². The zero-order chi connectivity index (χ0) is 23.0. The Labute approximate surface area is 194 Å². The predicted molar refractivity (Wildman–Crippen MR) is 127 cm³/mol. The third-order valence-corrected chi connectivity index (χ3v) is 7.02. The fourth-order valence-electron chi connectivity index (χ4n) is 5.40. The van der Waals surface area contributed by atoms with Crippen molar-refractivity contribution in [2.24, 2.45) is 5.41 Å². The number of Topliss-reactive ketones (excluding diaryl/α,β-unsaturated/α-hetero) is 1. The molecule has 0 N–H and O–H groups in total. The topological polar surface area (TPSA) is 67.9 Å². The van der Waals surface area contributed by atoms with E-state index in [1.54, 1.807) is 0 Å². The van der Waals surface area contributed by atoms with Gasteiger partial charge in [0.2, 0.25) is 0 Å². The molecule has 2 heterocycles. The van der Waals surface area contributed by atoms with Gasteiger partial charge in [-0.25, -0.2) is 0 Å². The van der Waals surface area contributed by atoms with Crippen molar-refractivity contribution in [3.63, 3.8) is 0 Å². The minimum atomic E-state index is -1.42. The third-order valence-electron chi connectivity index (χ3n) is 7.02. The standard InChI is InChI=1S/C29H23N3O/c1-2-20-12-14-23(15-13-20)27(33)26-25(22-9-4-3-5-10-22)29(18-30,19-31)28-24-11-7-6-8-21(24)16-17-32(26)28/h3-17,25-26,28H,2H2,1H3/t25-,26+,28-/m1/s1. The highest BCUT2D eigenvalue weighted by molar-refractivity contribution is 6.01. The van der Waals surface area contributed by atoms with E-state index >= 15 is 0 Å². The van der Waals surface area contributed by atoms with E-state index in [0.29, 0.717) is 5.56 Å². The van der Waals surface area contributed by atoms with E-state index in [9.17, 15) is 15.3 Å². The number of aryl methyl sites for hydroxylation is 1. The molecule has 0 aliphatic carbocycles. The molecule has 0 bridgehead atoms. The van der Waals surface area contributed by atoms with Gasteiger partial charge >= 0.3 is 0 Å². The molecule has 0 spiro atoms. The summed E-state index contributed by atoms with van der Waals surface area (Å²) in [5.41, 5.74) is 3.03. The molecule has 1 fully saturated rings. The number of nitriles is 2. The van der Waals surface area contributed by atoms with Crippen molar-refractivity contribution >= 4 is 11.9 Å². The molecule has 0 unspecified atom stereocenters. The summed E-state index contributed by atoms with van der Waals surface area (Å²) in [6.07, 6.45) is 4.76. The zero-order valence-corrected chi connectivity index (χ0v) is 18.3. The molecule has 0 radical (unpaired) electrons. The van der Waals surface area contributed by atoms with Crippen molar-refractivity contribution in [1.82, 2.24) is 4.90 Å². The number of fused-ring (bicyclic) bond motifs is 3. The summed E-state index contributed by atoms with van der Waals surface area (Å²) >= 11 is 0. The smallest absolute Gasteiger partial charge is 0.185 e. The van der Waals surface area contributed by atoms with Crippen LogP contribution in [0.4, 0.5) is 0 Å². The van der Waals surface area contributed by atoms with Gasteiger partial charge in [-0.1, -0.05) is 85.8 Å². The van der Waals surface area contributed by atoms with Gasteiger partial charge in [0.05, 0.1) is 18.2 Å². The highest BCUT2D eigenvalue weighted by Gasteiger charge is 2.63. The molecule has 1 saturated heterocycles. The number of carbonyl (C=O) groups excluding carboxylic acids is 1. The van der Waals surface area contributed by atoms with Crippen LogP contribution in [-0.4, -0.2) is 16.7 Å². The molecule has 3 aromatic rings. The minimum absolute atomic E-state index is 0.0760. The molecule has 2 aliphatic rings. The monoisotopic (exact) mass is 429 g/mol. The fraction of sp³-hybridized carbons (Fsp3) is 0.207. The van der Waals surface area contributed by atoms with Crippen molar-refractivity contribution in [2.75, 3.05) is 0 Å². The molecule has 4 heteroatoms. The van der Waals surface area contributed by atoms with Crippen LogP contribution in [-0.2, 0) is 6.42 Å². The number of ketones is 1. The zero-order valence-electron chi connectivity index (χ0n) is 18.3. The maximum atomic E-state index is 14.0. The average Bonchev–Trinajstić information content (AvgIpc) is 3.20. The lowest BCUT2D eigenvalue weighted by Crippen LogP contribution is -2.37. The highest BCUT2D eigenvalue weighted by atomic mass is 16.1. The van der Waals surface area contributed by atoms with Crippen LogP contribution in [0.25, 0.3) is 6.08 Å². The first-order valence-corrected chi connectivity index (χ1v) is 11.2. The molecule has 3 aromatic carbocycles. The first kappa shape index (κ1) is 20.7. The second-order valence-electron chi connectivity index (χ2n) is 8.63. The average molecular weight is 430 g/mol. The highest BCUT2D eigenvalue weighted by Crippen LogP contribution is 2.59. The SMILES string of the molecule is CCc1ccc(C(=O)[C@@H]2[C@@H](c3ccccc3)C(C#N)(C#N)[C@H]3c4ccccc4C=CN23)cc1. The van der Waals surface area contributed by atoms with Crippen molar-refractivity contribution in [1.29, 1.82) is 10.5 Å². The van der Waals surface area contributed by atoms with E-state index in [4.69, 9.17) is 0 Å². The summed E-state index contributed by atoms with van der Waals surface area (Å²) in [6.45, 7) is 2.08. The summed E-state index contributed by atoms with van der Waals surface area (Å²) in [5, 5.41) is 21.0. The van der Waals surface area contributed by atoms with Gasteiger partial charge < -0.3 is 4.90 Å². The van der Waals surface area contributed by atoms with Crippen LogP contribution in [0.2, 0.25) is 0 Å². The van der Waals surface area contributed by atoms with Gasteiger partial charge in [-0.2, -0.15) is 10.5 Å². The third kappa shape index (κ3) is 3.07. The van der Waals surface area contributed by atoms with Crippen LogP contribution >= 0.6 is 0 Å². The molecule has 5 rings (SSSR count). The van der Waals surface area contributed by atoms with Crippen LogP contribution in [0.5, 0.6) is 0 Å². The van der Waals surface area contributed by atoms with Gasteiger partial charge in [0.1, 0.15) is 6.04 Å². The molecule has 0 saturated carbocycles. The van der Waals surface area contributed by atoms with E-state index in [0.717, 1.165) is 28.7 Å². The molecule has 0 amide bonds. The molecule has 4 nitrogen and oxygen atoms in total. The van der Waals surface area contributed by atoms with E-state index in [1.165, 1.54) is 0 Å². The number of hydrogen-bond acceptors (Lipinski definition) is 4. The molecular weight excluding hydrogens is 406 g/mol. The quantitative estimate of drug-likeness (QED) is 0.502. The van der Waals surface area contributed by atoms with Gasteiger partial charge in [0, 0.05) is 17.7 Å². The second-order valence-corrected chi connectivity index (χ2v) is 8.63. The maximum absolute atomic E-state index is 14.0. The Morgan fingerprint density at radius 1 is 0.939 bits per heavy atom. The Bertz CT molecular complexity index is 1300. The van der Waals surface area contributed by atoms with E-state index < -0.39 is 23.4 Å². The van der Waals surface area contributed by atoms with Crippen molar-refractivity contribution in [3.05, 3.63) is 113 Å². The van der Waals surface area contributed by atoms with Gasteiger partial charge in [0.15, 0.2) is 11.2 Å². The predicted octanol–water partition coefficient (Wildman–Crippen LogP) is 5.66. The Kier molecular flexibility index (Phi) is 5.08. The van der Waals surface area contributed by atoms with Gasteiger partial charge in [-0.3, -0.25) is 4.79 Å². The summed E-state index contributed by atoms with van der Waals surface area (Å²) in [7, 11) is 0. The van der Waals surface area contributed by atoms with Crippen LogP contribution in [0.1, 0.15) is 51.5 Å². The first-order chi connectivity index (χ1) is 16.1. The second kappa shape index (κ2) is 8.08. The summed E-state index contributed by atoms with van der Waals surface area (Å²) in [6, 6.07) is 28.6. The molecule has 2 aliphatic heterocycles. The summed E-state index contributed by atoms with van der Waals surface area (Å²) < 4.78 is 0. The van der Waals surface area contributed by atoms with Crippen LogP contribution < -0.4 is 0 Å². The molecule has 160 valence electrons. The van der Waals surface area contributed by atoms with Crippen molar-refractivity contribution in [3.8, 4) is 12.1 Å². The largest absolute Gasteiger partial charge is 0.357 e. The number of rotatable bonds is 4. The van der Waals surface area contributed by atoms with E-state index in [2.05, 4.69) is 19.1 Å². The first-order valence-electron chi connectivity index (χ1n) is 11.2. The Morgan fingerprint density at radius 2 is 1.61 bits per heavy atom. The normalized spacial score (nSPS) is 22.0. The van der Waals surface area contributed by atoms with E-state index in [1.807, 2.05) is 96.0 Å². The maximum Gasteiger partial charge on any atom is 0.185 e. The Balaban J connectivity index is 1.74. The van der Waals surface area contributed by atoms with Gasteiger partial charge in [-0.05, 0) is 34.8 Å². The fourth-order valence-corrected chi connectivity index (χ4v) is 5.40. The molecule has 3 atom stereocenters. The summed E-state index contributed by atoms with van der Waals surface area (Å²) in [4.78, 5) is 16.0. The molecular formula is C29H23N3O. The lowest BCUT2D eigenvalue weighted by atomic mass is 9.67. The number of nitrogens with zero attached hydrogens (tertiary/aromatic N) is 3. The Hall–Kier alpha value is -4.15. The number of benzene rings is 3. The van der Waals surface area contributed by atoms with Gasteiger partial charge in [0.25, 0.3) is 0 Å². The van der Waals surface area contributed by atoms with Crippen LogP contribution in [0.3, 0.4) is 0 Å². The van der Waals surface area contributed by atoms with Crippen molar-refractivity contribution < 1.29 is 4.79 Å². The minimum Gasteiger partial charge on any atom is -0.357 e.